The number of thioether (sulfide) groups is 1. The zero-order chi connectivity index (χ0) is 20.1. The number of methoxy groups -OCH3 is 1. The Morgan fingerprint density at radius 2 is 2.04 bits per heavy atom. The van der Waals surface area contributed by atoms with Gasteiger partial charge in [-0.05, 0) is 43.9 Å². The first-order valence-corrected chi connectivity index (χ1v) is 11.6. The molecule has 3 rings (SSSR count). The third-order valence-electron chi connectivity index (χ3n) is 5.01. The fourth-order valence-corrected chi connectivity index (χ4v) is 5.12. The molecule has 0 atom stereocenters. The lowest BCUT2D eigenvalue weighted by Crippen LogP contribution is -2.39. The van der Waals surface area contributed by atoms with Crippen molar-refractivity contribution in [2.75, 3.05) is 31.7 Å². The fourth-order valence-electron chi connectivity index (χ4n) is 3.29. The smallest absolute Gasteiger partial charge is 0.258 e. The zero-order valence-corrected chi connectivity index (χ0v) is 18.3. The van der Waals surface area contributed by atoms with E-state index < -0.39 is 0 Å². The van der Waals surface area contributed by atoms with Crippen LogP contribution in [0.4, 0.5) is 0 Å². The van der Waals surface area contributed by atoms with Gasteiger partial charge < -0.3 is 14.2 Å². The molecule has 0 radical (unpaired) electrons. The largest absolute Gasteiger partial charge is 0.497 e. The molecule has 2 aromatic rings. The first-order valence-electron chi connectivity index (χ1n) is 9.62. The Kier molecular flexibility index (Phi) is 7.18. The molecule has 0 N–H and O–H groups in total. The third kappa shape index (κ3) is 4.97. The second-order valence-electron chi connectivity index (χ2n) is 7.02. The van der Waals surface area contributed by atoms with Gasteiger partial charge in [0.15, 0.2) is 4.80 Å². The molecule has 1 aromatic heterocycles. The SMILES string of the molecule is CCn1c(=NC(=O)CSCC(=O)N2CCC(C)CC2)sc2cc(OC)ccc21. The van der Waals surface area contributed by atoms with Gasteiger partial charge in [-0.2, -0.15) is 4.99 Å². The Morgan fingerprint density at radius 3 is 2.71 bits per heavy atom. The highest BCUT2D eigenvalue weighted by molar-refractivity contribution is 8.00. The molecular formula is C20H27N3O3S2. The van der Waals surface area contributed by atoms with E-state index in [1.807, 2.05) is 34.6 Å². The molecule has 0 bridgehead atoms. The second-order valence-corrected chi connectivity index (χ2v) is 9.02. The number of hydrogen-bond donors (Lipinski definition) is 0. The minimum Gasteiger partial charge on any atom is -0.497 e. The fraction of sp³-hybridized carbons (Fsp3) is 0.550. The number of rotatable bonds is 6. The van der Waals surface area contributed by atoms with Gasteiger partial charge in [0.25, 0.3) is 5.91 Å². The predicted molar refractivity (Wildman–Crippen MR) is 115 cm³/mol. The molecule has 0 aliphatic carbocycles. The van der Waals surface area contributed by atoms with E-state index in [1.165, 1.54) is 23.1 Å². The minimum absolute atomic E-state index is 0.127. The standard InChI is InChI=1S/C20H27N3O3S2/c1-4-23-16-6-5-15(26-3)11-17(16)28-20(23)21-18(24)12-27-13-19(25)22-9-7-14(2)8-10-22/h5-6,11,14H,4,7-10,12-13H2,1-3H3. The van der Waals surface area contributed by atoms with E-state index in [9.17, 15) is 9.59 Å². The zero-order valence-electron chi connectivity index (χ0n) is 16.6. The number of carbonyl (C=O) groups is 2. The van der Waals surface area contributed by atoms with E-state index in [0.717, 1.165) is 48.4 Å². The first kappa shape index (κ1) is 20.9. The van der Waals surface area contributed by atoms with Crippen molar-refractivity contribution in [3.63, 3.8) is 0 Å². The normalized spacial score (nSPS) is 16.0. The average Bonchev–Trinajstić information content (AvgIpc) is 3.04. The van der Waals surface area contributed by atoms with E-state index in [0.29, 0.717) is 16.5 Å². The molecule has 28 heavy (non-hydrogen) atoms. The number of carbonyl (C=O) groups excluding carboxylic acids is 2. The summed E-state index contributed by atoms with van der Waals surface area (Å²) < 4.78 is 8.34. The van der Waals surface area contributed by atoms with Crippen LogP contribution in [-0.2, 0) is 16.1 Å². The van der Waals surface area contributed by atoms with Gasteiger partial charge in [0.05, 0.1) is 28.8 Å². The summed E-state index contributed by atoms with van der Waals surface area (Å²) in [6.07, 6.45) is 2.14. The van der Waals surface area contributed by atoms with Crippen molar-refractivity contribution in [3.8, 4) is 5.75 Å². The van der Waals surface area contributed by atoms with Crippen LogP contribution < -0.4 is 9.54 Å². The molecule has 152 valence electrons. The number of piperidine rings is 1. The Labute approximate surface area is 173 Å². The predicted octanol–water partition coefficient (Wildman–Crippen LogP) is 3.15. The lowest BCUT2D eigenvalue weighted by Gasteiger charge is -2.30. The van der Waals surface area contributed by atoms with Crippen LogP contribution in [-0.4, -0.2) is 53.0 Å². The number of benzene rings is 1. The molecule has 1 aliphatic rings. The highest BCUT2D eigenvalue weighted by atomic mass is 32.2. The molecule has 0 unspecified atom stereocenters. The van der Waals surface area contributed by atoms with Gasteiger partial charge in [0.2, 0.25) is 5.91 Å². The van der Waals surface area contributed by atoms with E-state index in [2.05, 4.69) is 11.9 Å². The number of aryl methyl sites for hydroxylation is 1. The summed E-state index contributed by atoms with van der Waals surface area (Å²) in [5.41, 5.74) is 1.04. The van der Waals surface area contributed by atoms with Crippen molar-refractivity contribution in [2.24, 2.45) is 10.9 Å². The van der Waals surface area contributed by atoms with Crippen LogP contribution in [0.3, 0.4) is 0 Å². The van der Waals surface area contributed by atoms with Gasteiger partial charge in [0.1, 0.15) is 5.75 Å². The maximum absolute atomic E-state index is 12.3. The van der Waals surface area contributed by atoms with Crippen LogP contribution in [0, 0.1) is 5.92 Å². The number of fused-ring (bicyclic) bond motifs is 1. The number of nitrogens with zero attached hydrogens (tertiary/aromatic N) is 3. The maximum Gasteiger partial charge on any atom is 0.258 e. The summed E-state index contributed by atoms with van der Waals surface area (Å²) in [5, 5.41) is 0. The van der Waals surface area contributed by atoms with Gasteiger partial charge in [-0.1, -0.05) is 18.3 Å². The highest BCUT2D eigenvalue weighted by Crippen LogP contribution is 2.23. The monoisotopic (exact) mass is 421 g/mol. The van der Waals surface area contributed by atoms with Crippen molar-refractivity contribution in [1.82, 2.24) is 9.47 Å². The molecule has 1 aliphatic heterocycles. The maximum atomic E-state index is 12.3. The number of aromatic nitrogens is 1. The summed E-state index contributed by atoms with van der Waals surface area (Å²) in [5.74, 6) is 1.97. The van der Waals surface area contributed by atoms with Gasteiger partial charge in [0, 0.05) is 19.6 Å². The lowest BCUT2D eigenvalue weighted by molar-refractivity contribution is -0.129. The molecule has 1 fully saturated rings. The summed E-state index contributed by atoms with van der Waals surface area (Å²) in [7, 11) is 1.64. The van der Waals surface area contributed by atoms with Gasteiger partial charge in [-0.15, -0.1) is 11.8 Å². The molecule has 1 saturated heterocycles. The summed E-state index contributed by atoms with van der Waals surface area (Å²) in [6, 6.07) is 5.86. The Bertz CT molecular complexity index is 911. The highest BCUT2D eigenvalue weighted by Gasteiger charge is 2.20. The molecule has 0 spiro atoms. The van der Waals surface area contributed by atoms with Crippen LogP contribution in [0.5, 0.6) is 5.75 Å². The topological polar surface area (TPSA) is 63.9 Å². The molecule has 0 saturated carbocycles. The molecular weight excluding hydrogens is 394 g/mol. The minimum atomic E-state index is -0.203. The van der Waals surface area contributed by atoms with Crippen molar-refractivity contribution in [3.05, 3.63) is 23.0 Å². The van der Waals surface area contributed by atoms with E-state index in [-0.39, 0.29) is 17.6 Å². The van der Waals surface area contributed by atoms with Crippen molar-refractivity contribution in [1.29, 1.82) is 0 Å². The average molecular weight is 422 g/mol. The number of thiazole rings is 1. The van der Waals surface area contributed by atoms with E-state index >= 15 is 0 Å². The van der Waals surface area contributed by atoms with Gasteiger partial charge in [-0.3, -0.25) is 9.59 Å². The number of hydrogen-bond acceptors (Lipinski definition) is 5. The van der Waals surface area contributed by atoms with Crippen LogP contribution in [0.25, 0.3) is 10.2 Å². The van der Waals surface area contributed by atoms with Gasteiger partial charge >= 0.3 is 0 Å². The van der Waals surface area contributed by atoms with Crippen LogP contribution >= 0.6 is 23.1 Å². The number of likely N-dealkylation sites (tertiary alicyclic amines) is 1. The quantitative estimate of drug-likeness (QED) is 0.719. The Morgan fingerprint density at radius 1 is 1.29 bits per heavy atom. The molecule has 6 nitrogen and oxygen atoms in total. The summed E-state index contributed by atoms with van der Waals surface area (Å²) in [4.78, 5) is 31.5. The Balaban J connectivity index is 1.62. The van der Waals surface area contributed by atoms with Crippen LogP contribution in [0.2, 0.25) is 0 Å². The van der Waals surface area contributed by atoms with Crippen LogP contribution in [0.1, 0.15) is 26.7 Å². The van der Waals surface area contributed by atoms with E-state index in [1.54, 1.807) is 7.11 Å². The third-order valence-corrected chi connectivity index (χ3v) is 6.96. The molecule has 1 aromatic carbocycles. The summed E-state index contributed by atoms with van der Waals surface area (Å²) >= 11 is 2.83. The second kappa shape index (κ2) is 9.60. The first-order chi connectivity index (χ1) is 13.5. The summed E-state index contributed by atoms with van der Waals surface area (Å²) in [6.45, 7) is 6.66. The number of amides is 2. The van der Waals surface area contributed by atoms with Crippen molar-refractivity contribution >= 4 is 45.1 Å². The molecule has 8 heteroatoms. The number of ether oxygens (including phenoxy) is 1. The Hall–Kier alpha value is -1.80. The van der Waals surface area contributed by atoms with Crippen molar-refractivity contribution in [2.45, 2.75) is 33.2 Å². The van der Waals surface area contributed by atoms with Crippen molar-refractivity contribution < 1.29 is 14.3 Å². The van der Waals surface area contributed by atoms with Crippen LogP contribution in [0.15, 0.2) is 23.2 Å². The van der Waals surface area contributed by atoms with Gasteiger partial charge in [-0.25, -0.2) is 0 Å². The molecule has 2 amide bonds. The van der Waals surface area contributed by atoms with E-state index in [4.69, 9.17) is 4.74 Å². The lowest BCUT2D eigenvalue weighted by atomic mass is 9.99. The molecule has 2 heterocycles.